The van der Waals surface area contributed by atoms with Crippen LogP contribution in [0.15, 0.2) is 24.3 Å². The molecule has 1 N–H and O–H groups in total. The number of benzene rings is 1. The number of fused-ring (bicyclic) bond motifs is 1. The maximum atomic E-state index is 12.6. The minimum atomic E-state index is -1.68. The maximum absolute atomic E-state index is 12.6. The van der Waals surface area contributed by atoms with E-state index in [-0.39, 0.29) is 11.7 Å². The molecule has 1 aliphatic heterocycles. The molecule has 1 aromatic rings. The van der Waals surface area contributed by atoms with Gasteiger partial charge in [-0.05, 0) is 24.8 Å². The van der Waals surface area contributed by atoms with Gasteiger partial charge in [-0.1, -0.05) is 25.1 Å². The van der Waals surface area contributed by atoms with Crippen LogP contribution in [0.4, 0.5) is 5.69 Å². The fourth-order valence-corrected chi connectivity index (χ4v) is 3.52. The molecule has 0 radical (unpaired) electrons. The second-order valence-electron chi connectivity index (χ2n) is 6.05. The summed E-state index contributed by atoms with van der Waals surface area (Å²) in [6.07, 6.45) is 1.87. The number of Topliss-reactive ketones (excluding diaryl/α,β-unsaturated/α-hetero) is 1. The second-order valence-corrected chi connectivity index (χ2v) is 6.05. The van der Waals surface area contributed by atoms with E-state index in [9.17, 15) is 14.7 Å². The van der Waals surface area contributed by atoms with Crippen molar-refractivity contribution in [1.82, 2.24) is 0 Å². The zero-order valence-corrected chi connectivity index (χ0v) is 11.8. The highest BCUT2D eigenvalue weighted by Crippen LogP contribution is 2.47. The molecular weight excluding hydrogens is 254 g/mol. The summed E-state index contributed by atoms with van der Waals surface area (Å²) in [5, 5.41) is 11.1. The van der Waals surface area contributed by atoms with Gasteiger partial charge in [-0.15, -0.1) is 0 Å². The summed E-state index contributed by atoms with van der Waals surface area (Å²) < 4.78 is 0. The summed E-state index contributed by atoms with van der Waals surface area (Å²) in [5.74, 6) is -0.646. The van der Waals surface area contributed by atoms with E-state index in [0.29, 0.717) is 30.0 Å². The Hall–Kier alpha value is -1.68. The molecule has 0 spiro atoms. The average molecular weight is 273 g/mol. The molecule has 4 nitrogen and oxygen atoms in total. The van der Waals surface area contributed by atoms with Gasteiger partial charge in [-0.2, -0.15) is 0 Å². The monoisotopic (exact) mass is 273 g/mol. The molecular formula is C16H19NO3. The van der Waals surface area contributed by atoms with Crippen molar-refractivity contribution in [2.45, 2.75) is 31.8 Å². The van der Waals surface area contributed by atoms with Gasteiger partial charge in [0.1, 0.15) is 5.78 Å². The molecule has 3 rings (SSSR count). The van der Waals surface area contributed by atoms with E-state index in [1.807, 2.05) is 12.1 Å². The van der Waals surface area contributed by atoms with E-state index in [2.05, 4.69) is 6.92 Å². The number of para-hydroxylation sites is 1. The Morgan fingerprint density at radius 1 is 1.30 bits per heavy atom. The van der Waals surface area contributed by atoms with Gasteiger partial charge >= 0.3 is 0 Å². The van der Waals surface area contributed by atoms with Crippen LogP contribution < -0.4 is 4.90 Å². The Morgan fingerprint density at radius 2 is 2.00 bits per heavy atom. The van der Waals surface area contributed by atoms with Crippen molar-refractivity contribution < 1.29 is 14.7 Å². The van der Waals surface area contributed by atoms with Crippen LogP contribution in [-0.2, 0) is 15.2 Å². The molecule has 1 saturated carbocycles. The zero-order chi connectivity index (χ0) is 14.5. The number of hydrogen-bond donors (Lipinski definition) is 1. The van der Waals surface area contributed by atoms with Crippen LogP contribution in [0.25, 0.3) is 0 Å². The van der Waals surface area contributed by atoms with E-state index in [1.165, 1.54) is 4.90 Å². The number of carbonyl (C=O) groups excluding carboxylic acids is 2. The van der Waals surface area contributed by atoms with E-state index in [4.69, 9.17) is 0 Å². The average Bonchev–Trinajstić information content (AvgIpc) is 2.65. The summed E-state index contributed by atoms with van der Waals surface area (Å²) in [6.45, 7) is 2.07. The SMILES string of the molecule is CC1CCC(=O)C(C2(O)C(=O)N(C)c3ccccc32)C1. The first kappa shape index (κ1) is 13.3. The minimum Gasteiger partial charge on any atom is -0.375 e. The van der Waals surface area contributed by atoms with Crippen molar-refractivity contribution in [2.24, 2.45) is 11.8 Å². The highest BCUT2D eigenvalue weighted by molar-refractivity contribution is 6.09. The van der Waals surface area contributed by atoms with Crippen LogP contribution in [0.3, 0.4) is 0 Å². The molecule has 3 unspecified atom stereocenters. The second kappa shape index (κ2) is 4.42. The number of ketones is 1. The quantitative estimate of drug-likeness (QED) is 0.849. The number of hydrogen-bond acceptors (Lipinski definition) is 3. The number of likely N-dealkylation sites (N-methyl/N-ethyl adjacent to an activating group) is 1. The van der Waals surface area contributed by atoms with Gasteiger partial charge in [0.05, 0.1) is 11.6 Å². The standard InChI is InChI=1S/C16H19NO3/c1-10-7-8-14(18)12(9-10)16(20)11-5-3-4-6-13(11)17(2)15(16)19/h3-6,10,12,20H,7-9H2,1-2H3. The lowest BCUT2D eigenvalue weighted by Crippen LogP contribution is -2.49. The maximum Gasteiger partial charge on any atom is 0.264 e. The Labute approximate surface area is 118 Å². The van der Waals surface area contributed by atoms with Crippen molar-refractivity contribution in [1.29, 1.82) is 0 Å². The first-order valence-electron chi connectivity index (χ1n) is 7.09. The summed E-state index contributed by atoms with van der Waals surface area (Å²) in [5.41, 5.74) is -0.414. The Kier molecular flexibility index (Phi) is 2.94. The summed E-state index contributed by atoms with van der Waals surface area (Å²) in [6, 6.07) is 7.19. The van der Waals surface area contributed by atoms with Crippen LogP contribution >= 0.6 is 0 Å². The summed E-state index contributed by atoms with van der Waals surface area (Å²) >= 11 is 0. The van der Waals surface area contributed by atoms with Crippen LogP contribution in [0.5, 0.6) is 0 Å². The number of carbonyl (C=O) groups is 2. The van der Waals surface area contributed by atoms with E-state index in [0.717, 1.165) is 6.42 Å². The largest absolute Gasteiger partial charge is 0.375 e. The van der Waals surface area contributed by atoms with Crippen molar-refractivity contribution in [3.05, 3.63) is 29.8 Å². The molecule has 0 aromatic heterocycles. The predicted molar refractivity (Wildman–Crippen MR) is 75.3 cm³/mol. The Balaban J connectivity index is 2.11. The third-order valence-corrected chi connectivity index (χ3v) is 4.72. The third kappa shape index (κ3) is 1.64. The highest BCUT2D eigenvalue weighted by Gasteiger charge is 2.56. The number of nitrogens with zero attached hydrogens (tertiary/aromatic N) is 1. The highest BCUT2D eigenvalue weighted by atomic mass is 16.3. The van der Waals surface area contributed by atoms with Crippen molar-refractivity contribution in [3.63, 3.8) is 0 Å². The molecule has 0 saturated heterocycles. The molecule has 1 heterocycles. The number of rotatable bonds is 1. The van der Waals surface area contributed by atoms with Gasteiger partial charge in [-0.25, -0.2) is 0 Å². The van der Waals surface area contributed by atoms with Gasteiger partial charge in [0.2, 0.25) is 0 Å². The molecule has 106 valence electrons. The minimum absolute atomic E-state index is 0.00375. The van der Waals surface area contributed by atoms with Gasteiger partial charge in [0.25, 0.3) is 5.91 Å². The first-order valence-corrected chi connectivity index (χ1v) is 7.09. The fourth-order valence-electron chi connectivity index (χ4n) is 3.52. The van der Waals surface area contributed by atoms with Gasteiger partial charge in [0.15, 0.2) is 5.60 Å². The van der Waals surface area contributed by atoms with Crippen molar-refractivity contribution in [3.8, 4) is 0 Å². The molecule has 4 heteroatoms. The first-order chi connectivity index (χ1) is 9.46. The Morgan fingerprint density at radius 3 is 2.75 bits per heavy atom. The van der Waals surface area contributed by atoms with Crippen molar-refractivity contribution in [2.75, 3.05) is 11.9 Å². The third-order valence-electron chi connectivity index (χ3n) is 4.72. The van der Waals surface area contributed by atoms with Crippen LogP contribution in [0, 0.1) is 11.8 Å². The van der Waals surface area contributed by atoms with Gasteiger partial charge in [-0.3, -0.25) is 9.59 Å². The topological polar surface area (TPSA) is 57.6 Å². The van der Waals surface area contributed by atoms with Gasteiger partial charge < -0.3 is 10.0 Å². The number of amides is 1. The van der Waals surface area contributed by atoms with Crippen LogP contribution in [0.2, 0.25) is 0 Å². The Bertz CT molecular complexity index is 583. The predicted octanol–water partition coefficient (Wildman–Crippen LogP) is 1.86. The van der Waals surface area contributed by atoms with E-state index in [1.54, 1.807) is 19.2 Å². The lowest BCUT2D eigenvalue weighted by Gasteiger charge is -2.35. The molecule has 0 bridgehead atoms. The van der Waals surface area contributed by atoms with Crippen LogP contribution in [-0.4, -0.2) is 23.8 Å². The normalized spacial score (nSPS) is 33.5. The molecule has 1 aliphatic carbocycles. The van der Waals surface area contributed by atoms with Crippen molar-refractivity contribution >= 4 is 17.4 Å². The smallest absolute Gasteiger partial charge is 0.264 e. The van der Waals surface area contributed by atoms with Crippen LogP contribution in [0.1, 0.15) is 31.7 Å². The van der Waals surface area contributed by atoms with Gasteiger partial charge in [0, 0.05) is 19.0 Å². The molecule has 20 heavy (non-hydrogen) atoms. The molecule has 1 aromatic carbocycles. The molecule has 1 amide bonds. The molecule has 2 aliphatic rings. The fraction of sp³-hybridized carbons (Fsp3) is 0.500. The number of anilines is 1. The summed E-state index contributed by atoms with van der Waals surface area (Å²) in [4.78, 5) is 26.3. The lowest BCUT2D eigenvalue weighted by molar-refractivity contribution is -0.153. The molecule has 1 fully saturated rings. The molecule has 3 atom stereocenters. The van der Waals surface area contributed by atoms with E-state index < -0.39 is 11.5 Å². The number of aliphatic hydroxyl groups is 1. The zero-order valence-electron chi connectivity index (χ0n) is 11.8. The summed E-state index contributed by atoms with van der Waals surface area (Å²) in [7, 11) is 1.65. The van der Waals surface area contributed by atoms with E-state index >= 15 is 0 Å². The lowest BCUT2D eigenvalue weighted by atomic mass is 9.70.